The van der Waals surface area contributed by atoms with E-state index in [0.717, 1.165) is 31.9 Å². The van der Waals surface area contributed by atoms with Crippen LogP contribution in [0.15, 0.2) is 24.3 Å². The van der Waals surface area contributed by atoms with Crippen LogP contribution in [-0.2, 0) is 4.79 Å². The van der Waals surface area contributed by atoms with E-state index in [9.17, 15) is 4.79 Å². The van der Waals surface area contributed by atoms with Gasteiger partial charge in [-0.1, -0.05) is 19.1 Å². The van der Waals surface area contributed by atoms with E-state index in [1.807, 2.05) is 12.1 Å². The molecule has 166 valence electrons. The van der Waals surface area contributed by atoms with Crippen molar-refractivity contribution < 1.29 is 9.53 Å². The van der Waals surface area contributed by atoms with Gasteiger partial charge in [-0.05, 0) is 81.4 Å². The number of methoxy groups -OCH3 is 1. The molecule has 2 aliphatic rings. The summed E-state index contributed by atoms with van der Waals surface area (Å²) in [5, 5.41) is 6.63. The average Bonchev–Trinajstić information content (AvgIpc) is 3.24. The molecule has 1 aromatic carbocycles. The lowest BCUT2D eigenvalue weighted by molar-refractivity contribution is -0.122. The van der Waals surface area contributed by atoms with Gasteiger partial charge in [-0.25, -0.2) is 0 Å². The van der Waals surface area contributed by atoms with Crippen molar-refractivity contribution in [3.63, 3.8) is 0 Å². The fourth-order valence-corrected chi connectivity index (χ4v) is 4.49. The van der Waals surface area contributed by atoms with Crippen molar-refractivity contribution in [3.8, 4) is 5.75 Å². The standard InChI is InChI=1S/C22H35N3O2.2ClH/c1-17(18-9-11-23-12-10-18)15-22(26)24-16-21(25-13-3-4-14-25)19-5-7-20(27-2)8-6-19;;/h5-8,17-18,21,23H,3-4,9-16H2,1-2H3,(H,24,26);2*1H. The number of hydrogen-bond donors (Lipinski definition) is 2. The zero-order chi connectivity index (χ0) is 19.1. The molecule has 5 nitrogen and oxygen atoms in total. The summed E-state index contributed by atoms with van der Waals surface area (Å²) < 4.78 is 5.29. The number of nitrogens with zero attached hydrogens (tertiary/aromatic N) is 1. The van der Waals surface area contributed by atoms with Crippen LogP contribution in [0.3, 0.4) is 0 Å². The smallest absolute Gasteiger partial charge is 0.220 e. The lowest BCUT2D eigenvalue weighted by Crippen LogP contribution is -2.38. The third-order valence-electron chi connectivity index (χ3n) is 6.27. The second-order valence-electron chi connectivity index (χ2n) is 8.10. The number of ether oxygens (including phenoxy) is 1. The first-order chi connectivity index (χ1) is 13.2. The first-order valence-electron chi connectivity index (χ1n) is 10.5. The minimum absolute atomic E-state index is 0. The van der Waals surface area contributed by atoms with Gasteiger partial charge in [0.1, 0.15) is 5.75 Å². The Labute approximate surface area is 188 Å². The van der Waals surface area contributed by atoms with E-state index in [1.54, 1.807) is 7.11 Å². The SMILES string of the molecule is COc1ccc(C(CNC(=O)CC(C)C2CCNCC2)N2CCCC2)cc1.Cl.Cl. The predicted octanol–water partition coefficient (Wildman–Crippen LogP) is 3.82. The first-order valence-corrected chi connectivity index (χ1v) is 10.5. The van der Waals surface area contributed by atoms with Gasteiger partial charge in [0.05, 0.1) is 13.2 Å². The van der Waals surface area contributed by atoms with Crippen LogP contribution in [-0.4, -0.2) is 50.6 Å². The molecule has 2 aliphatic heterocycles. The zero-order valence-corrected chi connectivity index (χ0v) is 19.3. The minimum Gasteiger partial charge on any atom is -0.497 e. The Bertz CT molecular complexity index is 588. The summed E-state index contributed by atoms with van der Waals surface area (Å²) in [6.07, 6.45) is 5.51. The van der Waals surface area contributed by atoms with Crippen molar-refractivity contribution in [2.24, 2.45) is 11.8 Å². The Hall–Kier alpha value is -1.01. The number of hydrogen-bond acceptors (Lipinski definition) is 4. The van der Waals surface area contributed by atoms with Gasteiger partial charge in [0.25, 0.3) is 0 Å². The van der Waals surface area contributed by atoms with Gasteiger partial charge >= 0.3 is 0 Å². The minimum atomic E-state index is 0. The van der Waals surface area contributed by atoms with Crippen LogP contribution in [0.5, 0.6) is 5.75 Å². The molecule has 3 rings (SSSR count). The normalized spacial score (nSPS) is 19.5. The van der Waals surface area contributed by atoms with E-state index < -0.39 is 0 Å². The number of piperidine rings is 1. The van der Waals surface area contributed by atoms with Crippen LogP contribution in [0.2, 0.25) is 0 Å². The topological polar surface area (TPSA) is 53.6 Å². The molecule has 2 saturated heterocycles. The molecule has 0 saturated carbocycles. The van der Waals surface area contributed by atoms with E-state index >= 15 is 0 Å². The number of nitrogens with one attached hydrogen (secondary N) is 2. The molecule has 2 atom stereocenters. The summed E-state index contributed by atoms with van der Waals surface area (Å²) in [5.41, 5.74) is 1.25. The largest absolute Gasteiger partial charge is 0.497 e. The summed E-state index contributed by atoms with van der Waals surface area (Å²) >= 11 is 0. The number of benzene rings is 1. The molecule has 0 aliphatic carbocycles. The quantitative estimate of drug-likeness (QED) is 0.638. The molecule has 7 heteroatoms. The number of amides is 1. The second kappa shape index (κ2) is 13.3. The molecule has 2 N–H and O–H groups in total. The summed E-state index contributed by atoms with van der Waals surface area (Å²) in [7, 11) is 1.69. The van der Waals surface area contributed by atoms with Crippen molar-refractivity contribution in [1.29, 1.82) is 0 Å². The Balaban J connectivity index is 0.00000210. The van der Waals surface area contributed by atoms with Crippen molar-refractivity contribution in [1.82, 2.24) is 15.5 Å². The van der Waals surface area contributed by atoms with Crippen LogP contribution in [0.1, 0.15) is 50.6 Å². The molecular formula is C22H37Cl2N3O2. The maximum Gasteiger partial charge on any atom is 0.220 e. The van der Waals surface area contributed by atoms with E-state index in [0.29, 0.717) is 24.8 Å². The Morgan fingerprint density at radius 1 is 1.17 bits per heavy atom. The highest BCUT2D eigenvalue weighted by atomic mass is 35.5. The number of carbonyl (C=O) groups is 1. The molecule has 2 fully saturated rings. The zero-order valence-electron chi connectivity index (χ0n) is 17.7. The Morgan fingerprint density at radius 2 is 1.79 bits per heavy atom. The van der Waals surface area contributed by atoms with E-state index in [1.165, 1.54) is 31.2 Å². The van der Waals surface area contributed by atoms with Crippen molar-refractivity contribution in [3.05, 3.63) is 29.8 Å². The van der Waals surface area contributed by atoms with E-state index in [4.69, 9.17) is 4.74 Å². The first kappa shape index (κ1) is 26.0. The molecule has 1 amide bonds. The molecule has 29 heavy (non-hydrogen) atoms. The highest BCUT2D eigenvalue weighted by Gasteiger charge is 2.25. The van der Waals surface area contributed by atoms with Crippen LogP contribution >= 0.6 is 24.8 Å². The fourth-order valence-electron chi connectivity index (χ4n) is 4.49. The number of rotatable bonds is 8. The Morgan fingerprint density at radius 3 is 2.38 bits per heavy atom. The molecule has 2 heterocycles. The number of carbonyl (C=O) groups excluding carboxylic acids is 1. The molecule has 0 spiro atoms. The van der Waals surface area contributed by atoms with Crippen molar-refractivity contribution in [2.45, 2.75) is 45.1 Å². The molecule has 0 bridgehead atoms. The van der Waals surface area contributed by atoms with Crippen LogP contribution in [0.25, 0.3) is 0 Å². The third-order valence-corrected chi connectivity index (χ3v) is 6.27. The number of likely N-dealkylation sites (tertiary alicyclic amines) is 1. The highest BCUT2D eigenvalue weighted by molar-refractivity contribution is 5.85. The maximum absolute atomic E-state index is 12.6. The maximum atomic E-state index is 12.6. The monoisotopic (exact) mass is 445 g/mol. The summed E-state index contributed by atoms with van der Waals surface area (Å²) in [5.74, 6) is 2.20. The van der Waals surface area contributed by atoms with Crippen molar-refractivity contribution in [2.75, 3.05) is 39.8 Å². The van der Waals surface area contributed by atoms with Crippen LogP contribution < -0.4 is 15.4 Å². The second-order valence-corrected chi connectivity index (χ2v) is 8.10. The molecule has 0 aromatic heterocycles. The predicted molar refractivity (Wildman–Crippen MR) is 123 cm³/mol. The third kappa shape index (κ3) is 7.63. The summed E-state index contributed by atoms with van der Waals surface area (Å²) in [4.78, 5) is 15.1. The fraction of sp³-hybridized carbons (Fsp3) is 0.682. The summed E-state index contributed by atoms with van der Waals surface area (Å²) in [6.45, 7) is 7.31. The van der Waals surface area contributed by atoms with Gasteiger partial charge in [-0.2, -0.15) is 0 Å². The van der Waals surface area contributed by atoms with Crippen molar-refractivity contribution >= 4 is 30.7 Å². The van der Waals surface area contributed by atoms with Crippen LogP contribution in [0.4, 0.5) is 0 Å². The van der Waals surface area contributed by atoms with Crippen LogP contribution in [0, 0.1) is 11.8 Å². The van der Waals surface area contributed by atoms with Gasteiger partial charge in [0.2, 0.25) is 5.91 Å². The van der Waals surface area contributed by atoms with Gasteiger partial charge in [0, 0.05) is 13.0 Å². The highest BCUT2D eigenvalue weighted by Crippen LogP contribution is 2.27. The van der Waals surface area contributed by atoms with E-state index in [2.05, 4.69) is 34.6 Å². The van der Waals surface area contributed by atoms with E-state index in [-0.39, 0.29) is 36.8 Å². The lowest BCUT2D eigenvalue weighted by atomic mass is 9.84. The van der Waals surface area contributed by atoms with Gasteiger partial charge in [0.15, 0.2) is 0 Å². The Kier molecular flexibility index (Phi) is 12.0. The van der Waals surface area contributed by atoms with Gasteiger partial charge < -0.3 is 15.4 Å². The average molecular weight is 446 g/mol. The van der Waals surface area contributed by atoms with Gasteiger partial charge in [-0.15, -0.1) is 24.8 Å². The summed E-state index contributed by atoms with van der Waals surface area (Å²) in [6, 6.07) is 8.53. The lowest BCUT2D eigenvalue weighted by Gasteiger charge is -2.30. The van der Waals surface area contributed by atoms with Gasteiger partial charge in [-0.3, -0.25) is 9.69 Å². The molecule has 2 unspecified atom stereocenters. The molecule has 0 radical (unpaired) electrons. The number of halogens is 2. The molecular weight excluding hydrogens is 409 g/mol. The molecule has 1 aromatic rings.